The number of anilines is 2. The van der Waals surface area contributed by atoms with Crippen molar-refractivity contribution in [2.75, 3.05) is 22.4 Å². The van der Waals surface area contributed by atoms with Crippen molar-refractivity contribution in [3.8, 4) is 0 Å². The molecule has 0 bridgehead atoms. The fourth-order valence-electron chi connectivity index (χ4n) is 2.72. The van der Waals surface area contributed by atoms with Crippen molar-refractivity contribution in [2.45, 2.75) is 39.2 Å². The second-order valence-corrected chi connectivity index (χ2v) is 8.09. The molecule has 23 heavy (non-hydrogen) atoms. The van der Waals surface area contributed by atoms with Gasteiger partial charge >= 0.3 is 0 Å². The van der Waals surface area contributed by atoms with E-state index < -0.39 is 16.1 Å². The molecule has 1 aromatic carbocycles. The minimum atomic E-state index is -3.28. The average molecular weight is 339 g/mol. The van der Waals surface area contributed by atoms with Gasteiger partial charge in [-0.05, 0) is 42.5 Å². The number of amides is 1. The lowest BCUT2D eigenvalue weighted by Crippen LogP contribution is -2.40. The third kappa shape index (κ3) is 4.03. The van der Waals surface area contributed by atoms with Crippen LogP contribution in [-0.2, 0) is 21.2 Å². The fourth-order valence-corrected chi connectivity index (χ4v) is 3.72. The summed E-state index contributed by atoms with van der Waals surface area (Å²) in [5.41, 5.74) is 8.22. The first-order chi connectivity index (χ1) is 10.7. The predicted molar refractivity (Wildman–Crippen MR) is 93.0 cm³/mol. The molecule has 0 aliphatic carbocycles. The Morgan fingerprint density at radius 1 is 1.43 bits per heavy atom. The van der Waals surface area contributed by atoms with Gasteiger partial charge in [-0.15, -0.1) is 0 Å². The highest BCUT2D eigenvalue weighted by atomic mass is 32.2. The summed E-state index contributed by atoms with van der Waals surface area (Å²) in [6, 6.07) is 4.76. The molecule has 6 nitrogen and oxygen atoms in total. The number of fused-ring (bicyclic) bond motifs is 1. The van der Waals surface area contributed by atoms with Crippen molar-refractivity contribution in [2.24, 2.45) is 11.7 Å². The van der Waals surface area contributed by atoms with Crippen LogP contribution in [0.15, 0.2) is 18.2 Å². The highest BCUT2D eigenvalue weighted by Gasteiger charge is 2.25. The molecule has 0 fully saturated rings. The van der Waals surface area contributed by atoms with Crippen molar-refractivity contribution in [3.05, 3.63) is 23.8 Å². The molecule has 0 spiro atoms. The van der Waals surface area contributed by atoms with Gasteiger partial charge in [0.05, 0.1) is 18.0 Å². The number of carbonyl (C=O) groups excluding carboxylic acids is 1. The van der Waals surface area contributed by atoms with Crippen LogP contribution in [0.25, 0.3) is 0 Å². The van der Waals surface area contributed by atoms with Gasteiger partial charge in [-0.1, -0.05) is 20.3 Å². The molecule has 0 saturated carbocycles. The predicted octanol–water partition coefficient (Wildman–Crippen LogP) is 1.71. The summed E-state index contributed by atoms with van der Waals surface area (Å²) >= 11 is 0. The maximum Gasteiger partial charge on any atom is 0.241 e. The lowest BCUT2D eigenvalue weighted by atomic mass is 9.99. The smallest absolute Gasteiger partial charge is 0.241 e. The van der Waals surface area contributed by atoms with Gasteiger partial charge in [0.15, 0.2) is 0 Å². The summed E-state index contributed by atoms with van der Waals surface area (Å²) in [5.74, 6) is -0.108. The minimum absolute atomic E-state index is 0.105. The number of hydrogen-bond acceptors (Lipinski definition) is 4. The van der Waals surface area contributed by atoms with E-state index in [1.54, 1.807) is 12.1 Å². The molecule has 0 saturated heterocycles. The molecule has 0 aromatic heterocycles. The lowest BCUT2D eigenvalue weighted by molar-refractivity contribution is -0.118. The average Bonchev–Trinajstić information content (AvgIpc) is 2.51. The normalized spacial score (nSPS) is 17.3. The Labute approximate surface area is 138 Å². The van der Waals surface area contributed by atoms with Crippen LogP contribution in [0, 0.1) is 5.92 Å². The third-order valence-electron chi connectivity index (χ3n) is 4.38. The Morgan fingerprint density at radius 3 is 2.74 bits per heavy atom. The maximum absolute atomic E-state index is 12.2. The van der Waals surface area contributed by atoms with Crippen LogP contribution in [0.3, 0.4) is 0 Å². The first kappa shape index (κ1) is 17.7. The molecule has 2 rings (SSSR count). The Kier molecular flexibility index (Phi) is 5.31. The summed E-state index contributed by atoms with van der Waals surface area (Å²) in [4.78, 5) is 12.2. The number of hydrogen-bond donors (Lipinski definition) is 2. The second-order valence-electron chi connectivity index (χ2n) is 6.18. The Bertz CT molecular complexity index is 688. The topological polar surface area (TPSA) is 92.5 Å². The highest BCUT2D eigenvalue weighted by Crippen LogP contribution is 2.31. The van der Waals surface area contributed by atoms with Crippen molar-refractivity contribution in [1.82, 2.24) is 0 Å². The summed E-state index contributed by atoms with van der Waals surface area (Å²) < 4.78 is 25.1. The van der Waals surface area contributed by atoms with E-state index in [0.717, 1.165) is 24.8 Å². The van der Waals surface area contributed by atoms with E-state index >= 15 is 0 Å². The highest BCUT2D eigenvalue weighted by molar-refractivity contribution is 7.92. The molecule has 7 heteroatoms. The zero-order valence-corrected chi connectivity index (χ0v) is 14.7. The van der Waals surface area contributed by atoms with E-state index in [9.17, 15) is 13.2 Å². The summed E-state index contributed by atoms with van der Waals surface area (Å²) in [7, 11) is -3.28. The Morgan fingerprint density at radius 2 is 2.13 bits per heavy atom. The summed E-state index contributed by atoms with van der Waals surface area (Å²) in [6.45, 7) is 4.44. The van der Waals surface area contributed by atoms with Crippen LogP contribution in [0.4, 0.5) is 11.4 Å². The number of aryl methyl sites for hydroxylation is 1. The zero-order chi connectivity index (χ0) is 17.2. The van der Waals surface area contributed by atoms with E-state index in [2.05, 4.69) is 5.32 Å². The molecule has 2 atom stereocenters. The van der Waals surface area contributed by atoms with Gasteiger partial charge in [0, 0.05) is 12.2 Å². The largest absolute Gasteiger partial charge is 0.325 e. The molecule has 128 valence electrons. The quantitative estimate of drug-likeness (QED) is 0.854. The van der Waals surface area contributed by atoms with E-state index in [1.165, 1.54) is 10.6 Å². The van der Waals surface area contributed by atoms with Crippen LogP contribution in [0.5, 0.6) is 0 Å². The number of nitrogens with two attached hydrogens (primary N) is 1. The number of benzene rings is 1. The van der Waals surface area contributed by atoms with Gasteiger partial charge in [-0.25, -0.2) is 8.42 Å². The molecule has 1 aliphatic heterocycles. The van der Waals surface area contributed by atoms with Crippen LogP contribution < -0.4 is 15.4 Å². The van der Waals surface area contributed by atoms with Gasteiger partial charge in [0.25, 0.3) is 0 Å². The Balaban J connectivity index is 2.20. The van der Waals surface area contributed by atoms with E-state index in [-0.39, 0.29) is 11.8 Å². The van der Waals surface area contributed by atoms with Gasteiger partial charge in [-0.2, -0.15) is 0 Å². The fraction of sp³-hybridized carbons (Fsp3) is 0.562. The molecule has 3 N–H and O–H groups in total. The SMILES string of the molecule is CCC(C)[C@H](N)C(=O)Nc1ccc2c(c1)CCCN2S(C)(=O)=O. The molecule has 0 radical (unpaired) electrons. The summed E-state index contributed by atoms with van der Waals surface area (Å²) in [5, 5.41) is 2.83. The third-order valence-corrected chi connectivity index (χ3v) is 5.56. The van der Waals surface area contributed by atoms with Crippen LogP contribution >= 0.6 is 0 Å². The molecular formula is C16H25N3O3S. The van der Waals surface area contributed by atoms with Crippen molar-refractivity contribution >= 4 is 27.3 Å². The molecule has 1 heterocycles. The molecule has 1 aromatic rings. The van der Waals surface area contributed by atoms with Gasteiger partial charge < -0.3 is 11.1 Å². The van der Waals surface area contributed by atoms with Crippen LogP contribution in [-0.4, -0.2) is 33.2 Å². The van der Waals surface area contributed by atoms with Crippen molar-refractivity contribution in [1.29, 1.82) is 0 Å². The van der Waals surface area contributed by atoms with E-state index in [1.807, 2.05) is 19.9 Å². The monoisotopic (exact) mass is 339 g/mol. The van der Waals surface area contributed by atoms with Crippen LogP contribution in [0.1, 0.15) is 32.3 Å². The zero-order valence-electron chi connectivity index (χ0n) is 13.9. The van der Waals surface area contributed by atoms with Gasteiger partial charge in [-0.3, -0.25) is 9.10 Å². The van der Waals surface area contributed by atoms with Crippen molar-refractivity contribution < 1.29 is 13.2 Å². The minimum Gasteiger partial charge on any atom is -0.325 e. The standard InChI is InChI=1S/C16H25N3O3S/c1-4-11(2)15(17)16(20)18-13-7-8-14-12(10-13)6-5-9-19(14)23(3,21)22/h7-8,10-11,15H,4-6,9,17H2,1-3H3,(H,18,20)/t11?,15-/m0/s1. The number of nitrogens with zero attached hydrogens (tertiary/aromatic N) is 1. The lowest BCUT2D eigenvalue weighted by Gasteiger charge is -2.29. The Hall–Kier alpha value is -1.60. The summed E-state index contributed by atoms with van der Waals surface area (Å²) in [6.07, 6.45) is 3.61. The first-order valence-corrected chi connectivity index (χ1v) is 9.76. The van der Waals surface area contributed by atoms with Gasteiger partial charge in [0.1, 0.15) is 0 Å². The maximum atomic E-state index is 12.2. The van der Waals surface area contributed by atoms with Crippen LogP contribution in [0.2, 0.25) is 0 Å². The molecule has 1 amide bonds. The van der Waals surface area contributed by atoms with Crippen molar-refractivity contribution in [3.63, 3.8) is 0 Å². The van der Waals surface area contributed by atoms with E-state index in [0.29, 0.717) is 17.9 Å². The number of sulfonamides is 1. The molecular weight excluding hydrogens is 314 g/mol. The first-order valence-electron chi connectivity index (χ1n) is 7.91. The number of carbonyl (C=O) groups is 1. The molecule has 1 unspecified atom stereocenters. The second kappa shape index (κ2) is 6.88. The number of nitrogens with one attached hydrogen (secondary N) is 1. The van der Waals surface area contributed by atoms with E-state index in [4.69, 9.17) is 5.73 Å². The van der Waals surface area contributed by atoms with Gasteiger partial charge in [0.2, 0.25) is 15.9 Å². The molecule has 1 aliphatic rings. The number of rotatable bonds is 5.